The van der Waals surface area contributed by atoms with E-state index < -0.39 is 0 Å². The van der Waals surface area contributed by atoms with E-state index >= 15 is 0 Å². The standard InChI is InChI=1S/C19H23N3O3/c1-11(2)18-20-12(3)17(25-18)19(24)21-8-13-7-14(10-21)15-5-4-6-16(23)22(15)9-13/h4-6,11,13-14H,7-10H2,1-3H3/t13-,14+/m0/s1. The van der Waals surface area contributed by atoms with Crippen molar-refractivity contribution in [2.45, 2.75) is 45.6 Å². The lowest BCUT2D eigenvalue weighted by Crippen LogP contribution is -2.49. The van der Waals surface area contributed by atoms with Gasteiger partial charge in [-0.2, -0.15) is 0 Å². The van der Waals surface area contributed by atoms with Crippen LogP contribution in [0.1, 0.15) is 59.9 Å². The molecule has 0 saturated carbocycles. The molecular formula is C19H23N3O3. The Bertz CT molecular complexity index is 880. The van der Waals surface area contributed by atoms with Crippen LogP contribution < -0.4 is 5.56 Å². The smallest absolute Gasteiger partial charge is 0.291 e. The Morgan fingerprint density at radius 1 is 1.28 bits per heavy atom. The summed E-state index contributed by atoms with van der Waals surface area (Å²) in [6, 6.07) is 5.43. The van der Waals surface area contributed by atoms with E-state index in [-0.39, 0.29) is 23.3 Å². The third-order valence-electron chi connectivity index (χ3n) is 5.27. The van der Waals surface area contributed by atoms with Crippen LogP contribution in [0, 0.1) is 12.8 Å². The highest BCUT2D eigenvalue weighted by molar-refractivity contribution is 5.92. The van der Waals surface area contributed by atoms with Gasteiger partial charge in [0.15, 0.2) is 5.89 Å². The molecule has 2 aliphatic rings. The van der Waals surface area contributed by atoms with Crippen molar-refractivity contribution < 1.29 is 9.21 Å². The van der Waals surface area contributed by atoms with Gasteiger partial charge in [-0.3, -0.25) is 9.59 Å². The highest BCUT2D eigenvalue weighted by atomic mass is 16.4. The molecule has 0 unspecified atom stereocenters. The zero-order valence-electron chi connectivity index (χ0n) is 14.9. The Morgan fingerprint density at radius 2 is 2.08 bits per heavy atom. The normalized spacial score (nSPS) is 22.2. The van der Waals surface area contributed by atoms with Crippen molar-refractivity contribution in [3.8, 4) is 0 Å². The number of aromatic nitrogens is 2. The van der Waals surface area contributed by atoms with E-state index in [1.165, 1.54) is 0 Å². The SMILES string of the molecule is Cc1nc(C(C)C)oc1C(=O)N1C[C@@H]2C[C@H](C1)c1cccc(=O)n1C2. The summed E-state index contributed by atoms with van der Waals surface area (Å²) in [5.41, 5.74) is 1.75. The number of aryl methyl sites for hydroxylation is 1. The van der Waals surface area contributed by atoms with Crippen LogP contribution in [0.2, 0.25) is 0 Å². The summed E-state index contributed by atoms with van der Waals surface area (Å²) in [5, 5.41) is 0. The molecule has 2 aromatic heterocycles. The van der Waals surface area contributed by atoms with Crippen molar-refractivity contribution in [3.05, 3.63) is 51.6 Å². The minimum Gasteiger partial charge on any atom is -0.435 e. The van der Waals surface area contributed by atoms with Crippen LogP contribution in [0.3, 0.4) is 0 Å². The topological polar surface area (TPSA) is 68.3 Å². The first kappa shape index (κ1) is 16.1. The quantitative estimate of drug-likeness (QED) is 0.842. The lowest BCUT2D eigenvalue weighted by Gasteiger charge is -2.42. The molecule has 25 heavy (non-hydrogen) atoms. The third-order valence-corrected chi connectivity index (χ3v) is 5.27. The van der Waals surface area contributed by atoms with Crippen LogP contribution in [0.15, 0.2) is 27.4 Å². The molecule has 1 fully saturated rings. The summed E-state index contributed by atoms with van der Waals surface area (Å²) in [5.74, 6) is 1.54. The highest BCUT2D eigenvalue weighted by Gasteiger charge is 2.37. The molecule has 2 aromatic rings. The predicted molar refractivity (Wildman–Crippen MR) is 92.8 cm³/mol. The Morgan fingerprint density at radius 3 is 2.80 bits per heavy atom. The number of oxazole rings is 1. The van der Waals surface area contributed by atoms with E-state index in [1.807, 2.05) is 42.4 Å². The van der Waals surface area contributed by atoms with E-state index in [2.05, 4.69) is 4.98 Å². The minimum absolute atomic E-state index is 0.0552. The van der Waals surface area contributed by atoms with E-state index in [0.29, 0.717) is 42.9 Å². The number of pyridine rings is 1. The average Bonchev–Trinajstić information content (AvgIpc) is 2.97. The molecule has 4 rings (SSSR count). The van der Waals surface area contributed by atoms with Gasteiger partial charge in [0.2, 0.25) is 5.76 Å². The van der Waals surface area contributed by atoms with Gasteiger partial charge in [-0.25, -0.2) is 4.98 Å². The Hall–Kier alpha value is -2.37. The summed E-state index contributed by atoms with van der Waals surface area (Å²) in [7, 11) is 0. The molecule has 1 amide bonds. The summed E-state index contributed by atoms with van der Waals surface area (Å²) < 4.78 is 7.62. The van der Waals surface area contributed by atoms with Crippen molar-refractivity contribution in [1.29, 1.82) is 0 Å². The van der Waals surface area contributed by atoms with Crippen molar-refractivity contribution in [2.75, 3.05) is 13.1 Å². The number of piperidine rings is 1. The van der Waals surface area contributed by atoms with Crippen molar-refractivity contribution in [1.82, 2.24) is 14.5 Å². The number of fused-ring (bicyclic) bond motifs is 4. The summed E-state index contributed by atoms with van der Waals surface area (Å²) >= 11 is 0. The van der Waals surface area contributed by atoms with E-state index in [4.69, 9.17) is 4.42 Å². The lowest BCUT2D eigenvalue weighted by atomic mass is 9.83. The largest absolute Gasteiger partial charge is 0.435 e. The van der Waals surface area contributed by atoms with Crippen LogP contribution in [0.25, 0.3) is 0 Å². The van der Waals surface area contributed by atoms with Gasteiger partial charge in [0, 0.05) is 43.2 Å². The van der Waals surface area contributed by atoms with Crippen LogP contribution in [-0.2, 0) is 6.54 Å². The van der Waals surface area contributed by atoms with Gasteiger partial charge < -0.3 is 13.9 Å². The highest BCUT2D eigenvalue weighted by Crippen LogP contribution is 2.35. The minimum atomic E-state index is -0.0849. The Balaban J connectivity index is 1.62. The second kappa shape index (κ2) is 5.86. The molecule has 0 spiro atoms. The Labute approximate surface area is 146 Å². The zero-order valence-corrected chi connectivity index (χ0v) is 14.9. The van der Waals surface area contributed by atoms with E-state index in [9.17, 15) is 9.59 Å². The number of amides is 1. The van der Waals surface area contributed by atoms with Crippen LogP contribution in [0.5, 0.6) is 0 Å². The van der Waals surface area contributed by atoms with Gasteiger partial charge in [-0.1, -0.05) is 19.9 Å². The second-order valence-corrected chi connectivity index (χ2v) is 7.53. The fraction of sp³-hybridized carbons (Fsp3) is 0.526. The predicted octanol–water partition coefficient (Wildman–Crippen LogP) is 2.53. The molecule has 2 bridgehead atoms. The molecule has 132 valence electrons. The zero-order chi connectivity index (χ0) is 17.7. The summed E-state index contributed by atoms with van der Waals surface area (Å²) in [6.45, 7) is 7.78. The molecule has 0 aliphatic carbocycles. The molecular weight excluding hydrogens is 318 g/mol. The molecule has 4 heterocycles. The first-order valence-electron chi connectivity index (χ1n) is 8.90. The van der Waals surface area contributed by atoms with Gasteiger partial charge in [0.05, 0.1) is 5.69 Å². The first-order chi connectivity index (χ1) is 11.9. The fourth-order valence-electron chi connectivity index (χ4n) is 4.07. The molecule has 6 nitrogen and oxygen atoms in total. The average molecular weight is 341 g/mol. The Kier molecular flexibility index (Phi) is 3.78. The second-order valence-electron chi connectivity index (χ2n) is 7.53. The van der Waals surface area contributed by atoms with E-state index in [1.54, 1.807) is 6.07 Å². The van der Waals surface area contributed by atoms with E-state index in [0.717, 1.165) is 12.1 Å². The van der Waals surface area contributed by atoms with Gasteiger partial charge in [-0.15, -0.1) is 0 Å². The molecule has 0 aromatic carbocycles. The van der Waals surface area contributed by atoms with Crippen molar-refractivity contribution >= 4 is 5.91 Å². The number of carbonyl (C=O) groups excluding carboxylic acids is 1. The molecule has 2 aliphatic heterocycles. The van der Waals surface area contributed by atoms with Gasteiger partial charge in [0.25, 0.3) is 11.5 Å². The van der Waals surface area contributed by atoms with Crippen LogP contribution in [0.4, 0.5) is 0 Å². The van der Waals surface area contributed by atoms with Crippen LogP contribution >= 0.6 is 0 Å². The number of hydrogen-bond acceptors (Lipinski definition) is 4. The summed E-state index contributed by atoms with van der Waals surface area (Å²) in [6.07, 6.45) is 1.03. The number of hydrogen-bond donors (Lipinski definition) is 0. The maximum absolute atomic E-state index is 13.0. The number of rotatable bonds is 2. The number of nitrogens with zero attached hydrogens (tertiary/aromatic N) is 3. The summed E-state index contributed by atoms with van der Waals surface area (Å²) in [4.78, 5) is 31.4. The molecule has 6 heteroatoms. The number of carbonyl (C=O) groups is 1. The molecule has 1 saturated heterocycles. The monoisotopic (exact) mass is 341 g/mol. The van der Waals surface area contributed by atoms with Gasteiger partial charge >= 0.3 is 0 Å². The molecule has 0 N–H and O–H groups in total. The van der Waals surface area contributed by atoms with Gasteiger partial charge in [0.1, 0.15) is 0 Å². The van der Waals surface area contributed by atoms with Crippen molar-refractivity contribution in [2.24, 2.45) is 5.92 Å². The number of likely N-dealkylation sites (tertiary alicyclic amines) is 1. The third kappa shape index (κ3) is 2.69. The lowest BCUT2D eigenvalue weighted by molar-refractivity contribution is 0.0560. The van der Waals surface area contributed by atoms with Gasteiger partial charge in [-0.05, 0) is 25.3 Å². The maximum atomic E-state index is 13.0. The maximum Gasteiger partial charge on any atom is 0.291 e. The van der Waals surface area contributed by atoms with Crippen molar-refractivity contribution in [3.63, 3.8) is 0 Å². The first-order valence-corrected chi connectivity index (χ1v) is 8.90. The fourth-order valence-corrected chi connectivity index (χ4v) is 4.07. The molecule has 0 radical (unpaired) electrons. The molecule has 2 atom stereocenters. The van der Waals surface area contributed by atoms with Crippen LogP contribution in [-0.4, -0.2) is 33.4 Å².